The van der Waals surface area contributed by atoms with Gasteiger partial charge in [-0.3, -0.25) is 14.5 Å². The molecular weight excluding hydrogens is 258 g/mol. The third kappa shape index (κ3) is 4.08. The maximum Gasteiger partial charge on any atom is 0.326 e. The SMILES string of the molecule is C=C(C)CN(CC)C(=O)CCCN1C(=O)CN(C)C1=O. The molecule has 1 aliphatic rings. The van der Waals surface area contributed by atoms with Crippen molar-refractivity contribution in [3.8, 4) is 0 Å². The van der Waals surface area contributed by atoms with Crippen molar-refractivity contribution >= 4 is 17.8 Å². The maximum absolute atomic E-state index is 12.0. The Labute approximate surface area is 120 Å². The van der Waals surface area contributed by atoms with Crippen molar-refractivity contribution in [3.05, 3.63) is 12.2 Å². The predicted octanol–water partition coefficient (Wildman–Crippen LogP) is 1.09. The zero-order chi connectivity index (χ0) is 15.3. The summed E-state index contributed by atoms with van der Waals surface area (Å²) in [6.45, 7) is 9.22. The van der Waals surface area contributed by atoms with Gasteiger partial charge in [0.25, 0.3) is 0 Å². The molecule has 0 aliphatic carbocycles. The number of imide groups is 1. The van der Waals surface area contributed by atoms with E-state index in [9.17, 15) is 14.4 Å². The lowest BCUT2D eigenvalue weighted by atomic mass is 10.2. The number of hydrogen-bond donors (Lipinski definition) is 0. The summed E-state index contributed by atoms with van der Waals surface area (Å²) < 4.78 is 0. The van der Waals surface area contributed by atoms with Crippen molar-refractivity contribution in [3.63, 3.8) is 0 Å². The van der Waals surface area contributed by atoms with Gasteiger partial charge in [-0.15, -0.1) is 0 Å². The van der Waals surface area contributed by atoms with Gasteiger partial charge < -0.3 is 9.80 Å². The highest BCUT2D eigenvalue weighted by Gasteiger charge is 2.32. The fourth-order valence-electron chi connectivity index (χ4n) is 2.14. The molecule has 0 saturated carbocycles. The summed E-state index contributed by atoms with van der Waals surface area (Å²) in [6, 6.07) is -0.281. The summed E-state index contributed by atoms with van der Waals surface area (Å²) in [5, 5.41) is 0. The van der Waals surface area contributed by atoms with E-state index >= 15 is 0 Å². The van der Waals surface area contributed by atoms with Crippen LogP contribution in [0.1, 0.15) is 26.7 Å². The van der Waals surface area contributed by atoms with Crippen LogP contribution in [0.2, 0.25) is 0 Å². The molecule has 0 spiro atoms. The maximum atomic E-state index is 12.0. The Morgan fingerprint density at radius 1 is 1.40 bits per heavy atom. The molecule has 0 aromatic carbocycles. The number of hydrogen-bond acceptors (Lipinski definition) is 3. The van der Waals surface area contributed by atoms with E-state index < -0.39 is 0 Å². The molecule has 0 aromatic rings. The zero-order valence-electron chi connectivity index (χ0n) is 12.5. The van der Waals surface area contributed by atoms with Crippen molar-refractivity contribution in [1.82, 2.24) is 14.7 Å². The third-order valence-electron chi connectivity index (χ3n) is 3.20. The molecule has 1 fully saturated rings. The highest BCUT2D eigenvalue weighted by Crippen LogP contribution is 2.10. The number of carbonyl (C=O) groups excluding carboxylic acids is 3. The second-order valence-corrected chi connectivity index (χ2v) is 5.15. The van der Waals surface area contributed by atoms with Crippen molar-refractivity contribution < 1.29 is 14.4 Å². The number of likely N-dealkylation sites (N-methyl/N-ethyl adjacent to an activating group) is 2. The summed E-state index contributed by atoms with van der Waals surface area (Å²) >= 11 is 0. The van der Waals surface area contributed by atoms with Crippen LogP contribution in [0.15, 0.2) is 12.2 Å². The zero-order valence-corrected chi connectivity index (χ0v) is 12.5. The minimum absolute atomic E-state index is 0.0305. The standard InChI is InChI=1S/C14H23N3O3/c1-5-16(9-11(2)3)12(18)7-6-8-17-13(19)10-15(4)14(17)20/h2,5-10H2,1,3-4H3. The van der Waals surface area contributed by atoms with E-state index in [1.165, 1.54) is 9.80 Å². The number of carbonyl (C=O) groups is 3. The van der Waals surface area contributed by atoms with E-state index in [-0.39, 0.29) is 24.4 Å². The van der Waals surface area contributed by atoms with Crippen LogP contribution in [0.5, 0.6) is 0 Å². The van der Waals surface area contributed by atoms with Crippen LogP contribution >= 0.6 is 0 Å². The predicted molar refractivity (Wildman–Crippen MR) is 76.0 cm³/mol. The Morgan fingerprint density at radius 3 is 2.50 bits per heavy atom. The third-order valence-corrected chi connectivity index (χ3v) is 3.20. The fraction of sp³-hybridized carbons (Fsp3) is 0.643. The number of rotatable bonds is 7. The van der Waals surface area contributed by atoms with Gasteiger partial charge in [0.15, 0.2) is 0 Å². The molecule has 6 nitrogen and oxygen atoms in total. The minimum Gasteiger partial charge on any atom is -0.339 e. The number of urea groups is 1. The van der Waals surface area contributed by atoms with Gasteiger partial charge in [-0.05, 0) is 20.3 Å². The van der Waals surface area contributed by atoms with E-state index in [0.29, 0.717) is 32.5 Å². The molecule has 0 unspecified atom stereocenters. The molecular formula is C14H23N3O3. The monoisotopic (exact) mass is 281 g/mol. The lowest BCUT2D eigenvalue weighted by molar-refractivity contribution is -0.131. The average Bonchev–Trinajstić information content (AvgIpc) is 2.61. The molecule has 4 amide bonds. The highest BCUT2D eigenvalue weighted by atomic mass is 16.2. The van der Waals surface area contributed by atoms with Gasteiger partial charge >= 0.3 is 6.03 Å². The molecule has 1 rings (SSSR count). The Kier molecular flexibility index (Phi) is 5.73. The Balaban J connectivity index is 2.40. The van der Waals surface area contributed by atoms with Crippen LogP contribution in [0.3, 0.4) is 0 Å². The molecule has 1 heterocycles. The van der Waals surface area contributed by atoms with Gasteiger partial charge in [0.05, 0.1) is 0 Å². The molecule has 0 bridgehead atoms. The van der Waals surface area contributed by atoms with E-state index in [0.717, 1.165) is 5.57 Å². The van der Waals surface area contributed by atoms with E-state index in [1.807, 2.05) is 13.8 Å². The lowest BCUT2D eigenvalue weighted by Crippen LogP contribution is -2.35. The second-order valence-electron chi connectivity index (χ2n) is 5.15. The van der Waals surface area contributed by atoms with Crippen LogP contribution in [0.4, 0.5) is 4.79 Å². The largest absolute Gasteiger partial charge is 0.339 e. The van der Waals surface area contributed by atoms with E-state index in [1.54, 1.807) is 11.9 Å². The average molecular weight is 281 g/mol. The molecule has 1 aliphatic heterocycles. The normalized spacial score (nSPS) is 14.9. The van der Waals surface area contributed by atoms with Crippen molar-refractivity contribution in [1.29, 1.82) is 0 Å². The molecule has 20 heavy (non-hydrogen) atoms. The summed E-state index contributed by atoms with van der Waals surface area (Å²) in [7, 11) is 1.59. The number of nitrogens with zero attached hydrogens (tertiary/aromatic N) is 3. The Hall–Kier alpha value is -1.85. The first-order chi connectivity index (χ1) is 9.36. The molecule has 0 radical (unpaired) electrons. The van der Waals surface area contributed by atoms with Gasteiger partial charge in [-0.25, -0.2) is 4.79 Å². The first kappa shape index (κ1) is 16.2. The van der Waals surface area contributed by atoms with Gasteiger partial charge in [-0.2, -0.15) is 0 Å². The van der Waals surface area contributed by atoms with Crippen molar-refractivity contribution in [2.24, 2.45) is 0 Å². The van der Waals surface area contributed by atoms with Crippen LogP contribution < -0.4 is 0 Å². The Bertz CT molecular complexity index is 420. The topological polar surface area (TPSA) is 60.9 Å². The fourth-order valence-corrected chi connectivity index (χ4v) is 2.14. The molecule has 0 N–H and O–H groups in total. The lowest BCUT2D eigenvalue weighted by Gasteiger charge is -2.21. The van der Waals surface area contributed by atoms with E-state index in [4.69, 9.17) is 0 Å². The smallest absolute Gasteiger partial charge is 0.326 e. The second kappa shape index (κ2) is 7.07. The van der Waals surface area contributed by atoms with Crippen molar-refractivity contribution in [2.75, 3.05) is 33.2 Å². The first-order valence-electron chi connectivity index (χ1n) is 6.84. The van der Waals surface area contributed by atoms with Crippen molar-refractivity contribution in [2.45, 2.75) is 26.7 Å². The molecule has 0 atom stereocenters. The van der Waals surface area contributed by atoms with Gasteiger partial charge in [0, 0.05) is 33.1 Å². The van der Waals surface area contributed by atoms with Crippen LogP contribution in [-0.2, 0) is 9.59 Å². The molecule has 112 valence electrons. The summed E-state index contributed by atoms with van der Waals surface area (Å²) in [5.41, 5.74) is 0.937. The quantitative estimate of drug-likeness (QED) is 0.518. The highest BCUT2D eigenvalue weighted by molar-refractivity contribution is 6.01. The summed E-state index contributed by atoms with van der Waals surface area (Å²) in [5.74, 6) is -0.165. The van der Waals surface area contributed by atoms with Crippen LogP contribution in [-0.4, -0.2) is 65.8 Å². The van der Waals surface area contributed by atoms with Crippen LogP contribution in [0.25, 0.3) is 0 Å². The number of amides is 4. The summed E-state index contributed by atoms with van der Waals surface area (Å²) in [6.07, 6.45) is 0.832. The molecule has 1 saturated heterocycles. The van der Waals surface area contributed by atoms with Gasteiger partial charge in [-0.1, -0.05) is 12.2 Å². The molecule has 0 aromatic heterocycles. The minimum atomic E-state index is -0.281. The summed E-state index contributed by atoms with van der Waals surface area (Å²) in [4.78, 5) is 39.5. The van der Waals surface area contributed by atoms with E-state index in [2.05, 4.69) is 6.58 Å². The molecule has 6 heteroatoms. The van der Waals surface area contributed by atoms with Gasteiger partial charge in [0.2, 0.25) is 11.8 Å². The Morgan fingerprint density at radius 2 is 2.05 bits per heavy atom. The van der Waals surface area contributed by atoms with Crippen LogP contribution in [0, 0.1) is 0 Å². The van der Waals surface area contributed by atoms with Gasteiger partial charge in [0.1, 0.15) is 6.54 Å². The first-order valence-corrected chi connectivity index (χ1v) is 6.84.